The van der Waals surface area contributed by atoms with Crippen molar-refractivity contribution >= 4 is 33.1 Å². The highest BCUT2D eigenvalue weighted by Gasteiger charge is 2.10. The summed E-state index contributed by atoms with van der Waals surface area (Å²) < 4.78 is 0. The molecule has 24 heavy (non-hydrogen) atoms. The molecule has 0 aliphatic rings. The van der Waals surface area contributed by atoms with Crippen molar-refractivity contribution in [2.24, 2.45) is 10.2 Å². The van der Waals surface area contributed by atoms with E-state index in [2.05, 4.69) is 20.2 Å². The average Bonchev–Trinajstić information content (AvgIpc) is 3.18. The van der Waals surface area contributed by atoms with Crippen molar-refractivity contribution in [3.05, 3.63) is 60.0 Å². The Morgan fingerprint density at radius 3 is 2.54 bits per heavy atom. The predicted molar refractivity (Wildman–Crippen MR) is 91.7 cm³/mol. The zero-order valence-electron chi connectivity index (χ0n) is 12.3. The number of hydrogen-bond acceptors (Lipinski definition) is 5. The maximum Gasteiger partial charge on any atom is 0.230 e. The topological polar surface area (TPSA) is 73.6 Å². The number of nitrogens with one attached hydrogen (secondary N) is 1. The van der Waals surface area contributed by atoms with Crippen LogP contribution in [0.2, 0.25) is 0 Å². The van der Waals surface area contributed by atoms with Crippen LogP contribution in [0.5, 0.6) is 5.88 Å². The van der Waals surface area contributed by atoms with Gasteiger partial charge in [0.25, 0.3) is 0 Å². The van der Waals surface area contributed by atoms with Crippen LogP contribution < -0.4 is 17.0 Å². The van der Waals surface area contributed by atoms with Gasteiger partial charge in [-0.05, 0) is 6.07 Å². The molecule has 0 saturated heterocycles. The Labute approximate surface area is 152 Å². The zero-order valence-corrected chi connectivity index (χ0v) is 14.8. The molecule has 2 aromatic carbocycles. The lowest BCUT2D eigenvalue weighted by molar-refractivity contribution is -0.00000570. The van der Waals surface area contributed by atoms with Crippen LogP contribution >= 0.6 is 11.3 Å². The number of fused-ring (bicyclic) bond motifs is 1. The van der Waals surface area contributed by atoms with E-state index in [1.165, 1.54) is 11.3 Å². The highest BCUT2D eigenvalue weighted by molar-refractivity contribution is 7.13. The van der Waals surface area contributed by atoms with Gasteiger partial charge in [-0.1, -0.05) is 48.5 Å². The number of aromatic amines is 1. The molecule has 0 aliphatic carbocycles. The van der Waals surface area contributed by atoms with Crippen molar-refractivity contribution in [3.8, 4) is 17.1 Å². The Bertz CT molecular complexity index is 994. The summed E-state index contributed by atoms with van der Waals surface area (Å²) in [4.78, 5) is 7.34. The first-order valence-electron chi connectivity index (χ1n) is 7.03. The maximum absolute atomic E-state index is 9.97. The summed E-state index contributed by atoms with van der Waals surface area (Å²) >= 11 is 1.41. The maximum atomic E-state index is 9.97. The van der Waals surface area contributed by atoms with Crippen LogP contribution in [0.4, 0.5) is 10.8 Å². The molecule has 7 heteroatoms. The minimum absolute atomic E-state index is 0. The Morgan fingerprint density at radius 2 is 1.71 bits per heavy atom. The van der Waals surface area contributed by atoms with Crippen molar-refractivity contribution in [1.82, 2.24) is 9.97 Å². The van der Waals surface area contributed by atoms with Gasteiger partial charge in [-0.15, -0.1) is 21.6 Å². The van der Waals surface area contributed by atoms with Crippen molar-refractivity contribution in [3.63, 3.8) is 0 Å². The van der Waals surface area contributed by atoms with Crippen LogP contribution in [-0.2, 0) is 0 Å². The first-order chi connectivity index (χ1) is 11.3. The molecular weight excluding hydrogens is 388 g/mol. The fourth-order valence-corrected chi connectivity index (χ4v) is 3.00. The van der Waals surface area contributed by atoms with Crippen molar-refractivity contribution in [2.75, 3.05) is 0 Å². The molecule has 0 atom stereocenters. The van der Waals surface area contributed by atoms with Crippen LogP contribution in [-0.4, -0.2) is 15.1 Å². The number of hydrogen-bond donors (Lipinski definition) is 2. The van der Waals surface area contributed by atoms with Gasteiger partial charge in [-0.25, -0.2) is 4.98 Å². The van der Waals surface area contributed by atoms with E-state index in [9.17, 15) is 5.11 Å². The third kappa shape index (κ3) is 3.08. The van der Waals surface area contributed by atoms with Crippen molar-refractivity contribution in [1.29, 1.82) is 0 Å². The minimum Gasteiger partial charge on any atom is -1.00 e. The Balaban J connectivity index is 0.00000169. The molecule has 0 spiro atoms. The normalized spacial score (nSPS) is 11.0. The highest BCUT2D eigenvalue weighted by Crippen LogP contribution is 2.36. The molecule has 0 saturated carbocycles. The zero-order chi connectivity index (χ0) is 15.6. The van der Waals surface area contributed by atoms with E-state index in [0.717, 1.165) is 22.2 Å². The Hall–Kier alpha value is -2.51. The van der Waals surface area contributed by atoms with E-state index in [0.29, 0.717) is 10.8 Å². The summed E-state index contributed by atoms with van der Waals surface area (Å²) in [5, 5.41) is 21.6. The standard InChI is InChI=1S/C17H12N4OS.BrH/c22-16-15(12-8-4-5-9-13(12)18-16)20-21-17-19-14(10-23-17)11-6-2-1-3-7-11;/h1-10,18,22H;1H/p-1. The third-order valence-electron chi connectivity index (χ3n) is 3.46. The van der Waals surface area contributed by atoms with Gasteiger partial charge in [0.05, 0.1) is 11.2 Å². The van der Waals surface area contributed by atoms with Crippen LogP contribution in [0.1, 0.15) is 0 Å². The third-order valence-corrected chi connectivity index (χ3v) is 4.18. The van der Waals surface area contributed by atoms with Crippen LogP contribution in [0.25, 0.3) is 22.2 Å². The van der Waals surface area contributed by atoms with Crippen molar-refractivity contribution in [2.45, 2.75) is 0 Å². The molecule has 2 N–H and O–H groups in total. The molecule has 0 radical (unpaired) electrons. The smallest absolute Gasteiger partial charge is 0.230 e. The fraction of sp³-hybridized carbons (Fsp3) is 0. The second-order valence-electron chi connectivity index (χ2n) is 4.95. The number of thiazole rings is 1. The SMILES string of the molecule is Oc1[nH]c2ccccc2c1N=Nc1nc(-c2ccccc2)cs1.[Br-]. The summed E-state index contributed by atoms with van der Waals surface area (Å²) in [5.74, 6) is 0.00906. The lowest BCUT2D eigenvalue weighted by Crippen LogP contribution is -3.00. The predicted octanol–water partition coefficient (Wildman–Crippen LogP) is 2.42. The molecule has 2 aromatic heterocycles. The molecule has 5 nitrogen and oxygen atoms in total. The summed E-state index contributed by atoms with van der Waals surface area (Å²) in [6, 6.07) is 17.5. The van der Waals surface area contributed by atoms with Gasteiger partial charge in [0.1, 0.15) is 0 Å². The van der Waals surface area contributed by atoms with Crippen LogP contribution in [0.3, 0.4) is 0 Å². The fourth-order valence-electron chi connectivity index (χ4n) is 2.36. The van der Waals surface area contributed by atoms with Gasteiger partial charge in [0.2, 0.25) is 11.0 Å². The minimum atomic E-state index is 0. The summed E-state index contributed by atoms with van der Waals surface area (Å²) in [7, 11) is 0. The van der Waals surface area contributed by atoms with Gasteiger partial charge >= 0.3 is 0 Å². The molecule has 0 amide bonds. The first kappa shape index (κ1) is 16.4. The average molecular weight is 400 g/mol. The second-order valence-corrected chi connectivity index (χ2v) is 5.79. The molecule has 0 aliphatic heterocycles. The monoisotopic (exact) mass is 399 g/mol. The van der Waals surface area contributed by atoms with E-state index >= 15 is 0 Å². The van der Waals surface area contributed by atoms with Crippen LogP contribution in [0, 0.1) is 0 Å². The lowest BCUT2D eigenvalue weighted by Gasteiger charge is -1.93. The largest absolute Gasteiger partial charge is 1.00 e. The number of azo groups is 1. The molecular formula is C17H12BrN4OS-. The molecule has 0 fully saturated rings. The summed E-state index contributed by atoms with van der Waals surface area (Å²) in [5.41, 5.74) is 3.16. The van der Waals surface area contributed by atoms with Gasteiger partial charge < -0.3 is 27.1 Å². The van der Waals surface area contributed by atoms with E-state index in [-0.39, 0.29) is 22.9 Å². The Kier molecular flexibility index (Phi) is 4.73. The molecule has 2 heterocycles. The number of halogens is 1. The molecule has 0 bridgehead atoms. The number of aromatic nitrogens is 2. The Morgan fingerprint density at radius 1 is 0.958 bits per heavy atom. The van der Waals surface area contributed by atoms with E-state index in [1.807, 2.05) is 60.0 Å². The van der Waals surface area contributed by atoms with Gasteiger partial charge in [-0.3, -0.25) is 0 Å². The quantitative estimate of drug-likeness (QED) is 0.519. The first-order valence-corrected chi connectivity index (χ1v) is 7.91. The summed E-state index contributed by atoms with van der Waals surface area (Å²) in [6.45, 7) is 0. The number of rotatable bonds is 3. The molecule has 4 rings (SSSR count). The van der Waals surface area contributed by atoms with E-state index < -0.39 is 0 Å². The van der Waals surface area contributed by atoms with E-state index in [1.54, 1.807) is 0 Å². The van der Waals surface area contributed by atoms with Gasteiger partial charge in [0, 0.05) is 16.3 Å². The number of benzene rings is 2. The summed E-state index contributed by atoms with van der Waals surface area (Å²) in [6.07, 6.45) is 0. The number of aromatic hydroxyl groups is 1. The lowest BCUT2D eigenvalue weighted by atomic mass is 10.2. The van der Waals surface area contributed by atoms with E-state index in [4.69, 9.17) is 0 Å². The molecule has 120 valence electrons. The van der Waals surface area contributed by atoms with Crippen LogP contribution in [0.15, 0.2) is 70.2 Å². The van der Waals surface area contributed by atoms with Gasteiger partial charge in [-0.2, -0.15) is 0 Å². The van der Waals surface area contributed by atoms with Gasteiger partial charge in [0.15, 0.2) is 5.69 Å². The molecule has 0 unspecified atom stereocenters. The number of nitrogens with zero attached hydrogens (tertiary/aromatic N) is 3. The number of H-pyrrole nitrogens is 1. The number of para-hydroxylation sites is 1. The highest BCUT2D eigenvalue weighted by atomic mass is 79.9. The van der Waals surface area contributed by atoms with Crippen molar-refractivity contribution < 1.29 is 22.1 Å². The molecule has 4 aromatic rings. The second kappa shape index (κ2) is 6.94.